The van der Waals surface area contributed by atoms with E-state index in [1.54, 1.807) is 6.07 Å². The number of rotatable bonds is 4. The molecule has 0 aliphatic rings. The highest BCUT2D eigenvalue weighted by Crippen LogP contribution is 2.29. The van der Waals surface area contributed by atoms with Gasteiger partial charge in [0.1, 0.15) is 16.7 Å². The van der Waals surface area contributed by atoms with Crippen molar-refractivity contribution in [2.75, 3.05) is 0 Å². The maximum atomic E-state index is 6.05. The van der Waals surface area contributed by atoms with Crippen molar-refractivity contribution >= 4 is 11.6 Å². The molecule has 0 bridgehead atoms. The predicted molar refractivity (Wildman–Crippen MR) is 86.5 cm³/mol. The molecule has 0 fully saturated rings. The van der Waals surface area contributed by atoms with Crippen LogP contribution in [0.15, 0.2) is 24.3 Å². The van der Waals surface area contributed by atoms with Gasteiger partial charge in [-0.25, -0.2) is 4.98 Å². The molecule has 0 amide bonds. The topological polar surface area (TPSA) is 35.0 Å². The highest BCUT2D eigenvalue weighted by Gasteiger charge is 2.11. The summed E-state index contributed by atoms with van der Waals surface area (Å²) in [6, 6.07) is 7.90. The Morgan fingerprint density at radius 1 is 1.00 bits per heavy atom. The summed E-state index contributed by atoms with van der Waals surface area (Å²) in [5.41, 5.74) is 2.31. The second-order valence-electron chi connectivity index (χ2n) is 5.82. The number of halogens is 1. The third kappa shape index (κ3) is 3.94. The van der Waals surface area contributed by atoms with E-state index in [4.69, 9.17) is 16.3 Å². The van der Waals surface area contributed by atoms with Crippen molar-refractivity contribution in [1.82, 2.24) is 9.97 Å². The smallest absolute Gasteiger partial charge is 0.224 e. The number of aryl methyl sites for hydroxylation is 1. The van der Waals surface area contributed by atoms with Crippen LogP contribution < -0.4 is 4.74 Å². The van der Waals surface area contributed by atoms with E-state index in [9.17, 15) is 0 Å². The largest absolute Gasteiger partial charge is 0.439 e. The molecular weight excluding hydrogens is 284 g/mol. The number of hydrogen-bond acceptors (Lipinski definition) is 3. The molecule has 0 spiro atoms. The minimum absolute atomic E-state index is 0.203. The van der Waals surface area contributed by atoms with Gasteiger partial charge >= 0.3 is 0 Å². The SMILES string of the molecule is Cc1ccc(C(C)C)cc1Oc1cc(Cl)nc(C(C)C)n1. The second-order valence-corrected chi connectivity index (χ2v) is 6.21. The molecule has 1 aromatic heterocycles. The molecule has 0 aliphatic heterocycles. The van der Waals surface area contributed by atoms with Gasteiger partial charge in [-0.2, -0.15) is 4.98 Å². The molecule has 0 atom stereocenters. The highest BCUT2D eigenvalue weighted by molar-refractivity contribution is 6.29. The number of aromatic nitrogens is 2. The molecule has 2 aromatic rings. The molecule has 0 N–H and O–H groups in total. The lowest BCUT2D eigenvalue weighted by molar-refractivity contribution is 0.452. The average molecular weight is 305 g/mol. The first kappa shape index (κ1) is 15.8. The van der Waals surface area contributed by atoms with Crippen molar-refractivity contribution in [3.63, 3.8) is 0 Å². The molecule has 112 valence electrons. The van der Waals surface area contributed by atoms with Gasteiger partial charge in [-0.05, 0) is 30.0 Å². The Hall–Kier alpha value is -1.61. The molecule has 0 saturated carbocycles. The number of ether oxygens (including phenoxy) is 1. The molecule has 4 heteroatoms. The normalized spacial score (nSPS) is 11.2. The van der Waals surface area contributed by atoms with Crippen molar-refractivity contribution in [1.29, 1.82) is 0 Å². The van der Waals surface area contributed by atoms with Crippen LogP contribution in [0.4, 0.5) is 0 Å². The third-order valence-corrected chi connectivity index (χ3v) is 3.49. The maximum absolute atomic E-state index is 6.05. The van der Waals surface area contributed by atoms with Crippen LogP contribution in [-0.2, 0) is 0 Å². The lowest BCUT2D eigenvalue weighted by Gasteiger charge is -2.13. The Morgan fingerprint density at radius 2 is 1.71 bits per heavy atom. The second kappa shape index (κ2) is 6.44. The summed E-state index contributed by atoms with van der Waals surface area (Å²) in [5, 5.41) is 0.404. The first-order valence-electron chi connectivity index (χ1n) is 7.19. The quantitative estimate of drug-likeness (QED) is 0.702. The maximum Gasteiger partial charge on any atom is 0.224 e. The van der Waals surface area contributed by atoms with Crippen LogP contribution >= 0.6 is 11.6 Å². The van der Waals surface area contributed by atoms with Crippen molar-refractivity contribution < 1.29 is 4.74 Å². The van der Waals surface area contributed by atoms with Crippen molar-refractivity contribution in [2.24, 2.45) is 0 Å². The van der Waals surface area contributed by atoms with Crippen LogP contribution in [0, 0.1) is 6.92 Å². The summed E-state index contributed by atoms with van der Waals surface area (Å²) in [6.45, 7) is 10.4. The van der Waals surface area contributed by atoms with Crippen molar-refractivity contribution in [3.05, 3.63) is 46.4 Å². The molecule has 1 aromatic carbocycles. The van der Waals surface area contributed by atoms with Gasteiger partial charge in [0, 0.05) is 12.0 Å². The molecule has 1 heterocycles. The van der Waals surface area contributed by atoms with E-state index < -0.39 is 0 Å². The number of nitrogens with zero attached hydrogens (tertiary/aromatic N) is 2. The monoisotopic (exact) mass is 304 g/mol. The standard InChI is InChI=1S/C17H21ClN2O/c1-10(2)13-7-6-12(5)14(8-13)21-16-9-15(18)19-17(20-16)11(3)4/h6-11H,1-5H3. The lowest BCUT2D eigenvalue weighted by atomic mass is 10.0. The fourth-order valence-corrected chi connectivity index (χ4v) is 2.10. The Morgan fingerprint density at radius 3 is 2.33 bits per heavy atom. The van der Waals surface area contributed by atoms with Crippen LogP contribution in [0.25, 0.3) is 0 Å². The van der Waals surface area contributed by atoms with Crippen molar-refractivity contribution in [2.45, 2.75) is 46.5 Å². The number of benzene rings is 1. The summed E-state index contributed by atoms with van der Waals surface area (Å²) in [5.74, 6) is 2.64. The summed E-state index contributed by atoms with van der Waals surface area (Å²) in [7, 11) is 0. The van der Waals surface area contributed by atoms with Gasteiger partial charge in [0.15, 0.2) is 0 Å². The molecule has 0 aliphatic carbocycles. The van der Waals surface area contributed by atoms with Gasteiger partial charge in [0.05, 0.1) is 0 Å². The molecule has 0 saturated heterocycles. The van der Waals surface area contributed by atoms with Crippen LogP contribution in [0.5, 0.6) is 11.6 Å². The van der Waals surface area contributed by atoms with Crippen molar-refractivity contribution in [3.8, 4) is 11.6 Å². The van der Waals surface area contributed by atoms with Gasteiger partial charge in [0.25, 0.3) is 0 Å². The molecular formula is C17H21ClN2O. The number of hydrogen-bond donors (Lipinski definition) is 0. The molecule has 21 heavy (non-hydrogen) atoms. The van der Waals surface area contributed by atoms with E-state index in [0.717, 1.165) is 11.3 Å². The van der Waals surface area contributed by atoms with Gasteiger partial charge < -0.3 is 4.74 Å². The van der Waals surface area contributed by atoms with E-state index in [1.165, 1.54) is 5.56 Å². The molecule has 0 radical (unpaired) electrons. The van der Waals surface area contributed by atoms with Gasteiger partial charge in [0.2, 0.25) is 5.88 Å². The zero-order valence-electron chi connectivity index (χ0n) is 13.1. The molecule has 0 unspecified atom stereocenters. The third-order valence-electron chi connectivity index (χ3n) is 3.30. The first-order valence-corrected chi connectivity index (χ1v) is 7.57. The van der Waals surface area contributed by atoms with E-state index in [0.29, 0.717) is 22.8 Å². The highest BCUT2D eigenvalue weighted by atomic mass is 35.5. The van der Waals surface area contributed by atoms with Crippen LogP contribution in [0.1, 0.15) is 56.5 Å². The summed E-state index contributed by atoms with van der Waals surface area (Å²) < 4.78 is 5.94. The summed E-state index contributed by atoms with van der Waals surface area (Å²) in [4.78, 5) is 8.64. The molecule has 3 nitrogen and oxygen atoms in total. The van der Waals surface area contributed by atoms with Gasteiger partial charge in [-0.1, -0.05) is 51.4 Å². The van der Waals surface area contributed by atoms with E-state index in [2.05, 4.69) is 42.0 Å². The molecule has 2 rings (SSSR count). The average Bonchev–Trinajstić information content (AvgIpc) is 2.40. The fraction of sp³-hybridized carbons (Fsp3) is 0.412. The van der Waals surface area contributed by atoms with E-state index in [1.807, 2.05) is 20.8 Å². The van der Waals surface area contributed by atoms with E-state index in [-0.39, 0.29) is 5.92 Å². The van der Waals surface area contributed by atoms with Crippen LogP contribution in [-0.4, -0.2) is 9.97 Å². The van der Waals surface area contributed by atoms with Crippen LogP contribution in [0.3, 0.4) is 0 Å². The zero-order chi connectivity index (χ0) is 15.6. The fourth-order valence-electron chi connectivity index (χ4n) is 1.92. The lowest BCUT2D eigenvalue weighted by Crippen LogP contribution is -2.00. The minimum Gasteiger partial charge on any atom is -0.439 e. The van der Waals surface area contributed by atoms with Crippen LogP contribution in [0.2, 0.25) is 5.15 Å². The van der Waals surface area contributed by atoms with Gasteiger partial charge in [-0.15, -0.1) is 0 Å². The predicted octanol–water partition coefficient (Wildman–Crippen LogP) is 5.48. The first-order chi connectivity index (χ1) is 9.86. The Labute approximate surface area is 131 Å². The Kier molecular flexibility index (Phi) is 4.84. The Bertz CT molecular complexity index is 639. The summed E-state index contributed by atoms with van der Waals surface area (Å²) >= 11 is 6.05. The van der Waals surface area contributed by atoms with Gasteiger partial charge in [-0.3, -0.25) is 0 Å². The summed E-state index contributed by atoms with van der Waals surface area (Å²) in [6.07, 6.45) is 0. The Balaban J connectivity index is 2.35. The minimum atomic E-state index is 0.203. The van der Waals surface area contributed by atoms with E-state index >= 15 is 0 Å². The zero-order valence-corrected chi connectivity index (χ0v) is 13.9.